The molecule has 2 aromatic carbocycles. The molecule has 0 saturated carbocycles. The van der Waals surface area contributed by atoms with Crippen molar-refractivity contribution in [2.75, 3.05) is 6.54 Å². The summed E-state index contributed by atoms with van der Waals surface area (Å²) in [5.41, 5.74) is 4.52. The van der Waals surface area contributed by atoms with Gasteiger partial charge in [0.25, 0.3) is 0 Å². The molecule has 0 unspecified atom stereocenters. The summed E-state index contributed by atoms with van der Waals surface area (Å²) >= 11 is 6.08. The van der Waals surface area contributed by atoms with E-state index in [0.29, 0.717) is 0 Å². The number of hydrogen-bond donors (Lipinski definition) is 1. The Morgan fingerprint density at radius 1 is 0.963 bits per heavy atom. The molecular weight excluding hydrogens is 377 g/mol. The number of unbranched alkanes of at least 4 members (excludes halogenated alkanes) is 4. The van der Waals surface area contributed by atoms with E-state index >= 15 is 0 Å². The van der Waals surface area contributed by atoms with Crippen LogP contribution in [0.15, 0.2) is 46.9 Å². The highest BCUT2D eigenvalue weighted by Gasteiger charge is 2.16. The van der Waals surface area contributed by atoms with Gasteiger partial charge in [0.1, 0.15) is 11.3 Å². The van der Waals surface area contributed by atoms with Crippen LogP contribution in [0.5, 0.6) is 0 Å². The van der Waals surface area contributed by atoms with Crippen molar-refractivity contribution < 1.29 is 4.42 Å². The lowest BCUT2D eigenvalue weighted by molar-refractivity contribution is 0.504. The number of rotatable bonds is 9. The first-order chi connectivity index (χ1) is 12.7. The minimum Gasteiger partial charge on any atom is -0.459 e. The number of benzene rings is 2. The van der Waals surface area contributed by atoms with Crippen LogP contribution in [0.25, 0.3) is 22.1 Å². The normalized spacial score (nSPS) is 10.9. The Morgan fingerprint density at radius 3 is 2.44 bits per heavy atom. The molecule has 0 aliphatic heterocycles. The van der Waals surface area contributed by atoms with E-state index in [-0.39, 0.29) is 12.4 Å². The maximum atomic E-state index is 6.19. The fourth-order valence-electron chi connectivity index (χ4n) is 3.38. The molecule has 1 N–H and O–H groups in total. The standard InChI is InChI=1S/C23H28ClNO.ClH/c1-3-4-5-6-7-14-25-16-22-23(18-9-11-19(24)12-10-18)20-15-17(2)8-13-21(20)26-22;/h8-13,15,25H,3-7,14,16H2,1-2H3;1H. The molecule has 0 radical (unpaired) electrons. The number of aryl methyl sites for hydroxylation is 1. The molecular formula is C23H29Cl2NO. The predicted octanol–water partition coefficient (Wildman–Crippen LogP) is 7.54. The maximum Gasteiger partial charge on any atom is 0.135 e. The van der Waals surface area contributed by atoms with Crippen molar-refractivity contribution in [2.24, 2.45) is 0 Å². The fraction of sp³-hybridized carbons (Fsp3) is 0.391. The Bertz CT molecular complexity index is 839. The van der Waals surface area contributed by atoms with E-state index in [1.54, 1.807) is 0 Å². The molecule has 1 heterocycles. The van der Waals surface area contributed by atoms with Gasteiger partial charge in [0.2, 0.25) is 0 Å². The van der Waals surface area contributed by atoms with E-state index in [9.17, 15) is 0 Å². The number of fused-ring (bicyclic) bond motifs is 1. The van der Waals surface area contributed by atoms with Gasteiger partial charge in [0.15, 0.2) is 0 Å². The molecule has 0 aliphatic rings. The molecule has 2 nitrogen and oxygen atoms in total. The summed E-state index contributed by atoms with van der Waals surface area (Å²) in [7, 11) is 0. The minimum atomic E-state index is 0. The van der Waals surface area contributed by atoms with Gasteiger partial charge in [-0.15, -0.1) is 12.4 Å². The van der Waals surface area contributed by atoms with Crippen LogP contribution in [0.4, 0.5) is 0 Å². The van der Waals surface area contributed by atoms with E-state index in [0.717, 1.165) is 35.0 Å². The zero-order chi connectivity index (χ0) is 18.4. The lowest BCUT2D eigenvalue weighted by Crippen LogP contribution is -2.14. The average Bonchev–Trinajstić information content (AvgIpc) is 2.99. The predicted molar refractivity (Wildman–Crippen MR) is 119 cm³/mol. The quantitative estimate of drug-likeness (QED) is 0.371. The van der Waals surface area contributed by atoms with E-state index in [2.05, 4.69) is 49.5 Å². The molecule has 4 heteroatoms. The van der Waals surface area contributed by atoms with Gasteiger partial charge in [-0.2, -0.15) is 0 Å². The van der Waals surface area contributed by atoms with Gasteiger partial charge < -0.3 is 9.73 Å². The minimum absolute atomic E-state index is 0. The summed E-state index contributed by atoms with van der Waals surface area (Å²) in [6.45, 7) is 6.14. The third kappa shape index (κ3) is 5.75. The van der Waals surface area contributed by atoms with Gasteiger partial charge in [-0.05, 0) is 49.7 Å². The monoisotopic (exact) mass is 405 g/mol. The lowest BCUT2D eigenvalue weighted by Gasteiger charge is -2.06. The van der Waals surface area contributed by atoms with Crippen molar-refractivity contribution in [3.05, 3.63) is 58.8 Å². The van der Waals surface area contributed by atoms with Crippen LogP contribution in [0.2, 0.25) is 5.02 Å². The van der Waals surface area contributed by atoms with Crippen molar-refractivity contribution in [3.63, 3.8) is 0 Å². The van der Waals surface area contributed by atoms with Gasteiger partial charge in [-0.3, -0.25) is 0 Å². The zero-order valence-corrected chi connectivity index (χ0v) is 17.8. The Balaban J connectivity index is 0.00000261. The molecule has 27 heavy (non-hydrogen) atoms. The molecule has 0 atom stereocenters. The molecule has 1 aromatic heterocycles. The third-order valence-electron chi connectivity index (χ3n) is 4.79. The van der Waals surface area contributed by atoms with Crippen LogP contribution in [0.3, 0.4) is 0 Å². The molecule has 3 aromatic rings. The van der Waals surface area contributed by atoms with E-state index in [1.807, 2.05) is 12.1 Å². The second-order valence-corrected chi connectivity index (χ2v) is 7.43. The highest BCUT2D eigenvalue weighted by atomic mass is 35.5. The van der Waals surface area contributed by atoms with Crippen LogP contribution < -0.4 is 5.32 Å². The largest absolute Gasteiger partial charge is 0.459 e. The number of hydrogen-bond acceptors (Lipinski definition) is 2. The van der Waals surface area contributed by atoms with Gasteiger partial charge in [-0.1, -0.05) is 68.0 Å². The molecule has 0 aliphatic carbocycles. The first-order valence-corrected chi connectivity index (χ1v) is 10.1. The second-order valence-electron chi connectivity index (χ2n) is 7.00. The fourth-order valence-corrected chi connectivity index (χ4v) is 3.50. The molecule has 0 amide bonds. The molecule has 146 valence electrons. The van der Waals surface area contributed by atoms with Crippen molar-refractivity contribution >= 4 is 35.0 Å². The average molecular weight is 406 g/mol. The first-order valence-electron chi connectivity index (χ1n) is 9.67. The summed E-state index contributed by atoms with van der Waals surface area (Å²) in [6, 6.07) is 14.4. The molecule has 0 saturated heterocycles. The number of furan rings is 1. The van der Waals surface area contributed by atoms with Crippen LogP contribution in [-0.4, -0.2) is 6.54 Å². The highest BCUT2D eigenvalue weighted by Crippen LogP contribution is 2.36. The van der Waals surface area contributed by atoms with E-state index in [4.69, 9.17) is 16.0 Å². The smallest absolute Gasteiger partial charge is 0.135 e. The van der Waals surface area contributed by atoms with Gasteiger partial charge in [0, 0.05) is 16.0 Å². The van der Waals surface area contributed by atoms with Crippen LogP contribution in [-0.2, 0) is 6.54 Å². The van der Waals surface area contributed by atoms with Gasteiger partial charge in [-0.25, -0.2) is 0 Å². The van der Waals surface area contributed by atoms with Gasteiger partial charge in [0.05, 0.1) is 6.54 Å². The number of halogens is 2. The SMILES string of the molecule is CCCCCCCNCc1oc2ccc(C)cc2c1-c1ccc(Cl)cc1.Cl. The van der Waals surface area contributed by atoms with Crippen LogP contribution in [0, 0.1) is 6.92 Å². The Labute approximate surface area is 173 Å². The van der Waals surface area contributed by atoms with Crippen molar-refractivity contribution in [3.8, 4) is 11.1 Å². The van der Waals surface area contributed by atoms with E-state index < -0.39 is 0 Å². The maximum absolute atomic E-state index is 6.19. The molecule has 0 spiro atoms. The van der Waals surface area contributed by atoms with Crippen molar-refractivity contribution in [1.82, 2.24) is 5.32 Å². The highest BCUT2D eigenvalue weighted by molar-refractivity contribution is 6.30. The zero-order valence-electron chi connectivity index (χ0n) is 16.2. The summed E-state index contributed by atoms with van der Waals surface area (Å²) < 4.78 is 6.19. The Hall–Kier alpha value is -1.48. The van der Waals surface area contributed by atoms with E-state index in [1.165, 1.54) is 48.6 Å². The molecule has 0 bridgehead atoms. The number of nitrogens with one attached hydrogen (secondary N) is 1. The molecule has 0 fully saturated rings. The second kappa shape index (κ2) is 10.8. The first kappa shape index (κ1) is 21.8. The van der Waals surface area contributed by atoms with Crippen molar-refractivity contribution in [1.29, 1.82) is 0 Å². The van der Waals surface area contributed by atoms with Crippen molar-refractivity contribution in [2.45, 2.75) is 52.5 Å². The summed E-state index contributed by atoms with van der Waals surface area (Å²) in [5.74, 6) is 1.00. The lowest BCUT2D eigenvalue weighted by atomic mass is 10.0. The summed E-state index contributed by atoms with van der Waals surface area (Å²) in [4.78, 5) is 0. The topological polar surface area (TPSA) is 25.2 Å². The molecule has 3 rings (SSSR count). The Kier molecular flexibility index (Phi) is 8.69. The van der Waals surface area contributed by atoms with Crippen LogP contribution in [0.1, 0.15) is 50.4 Å². The third-order valence-corrected chi connectivity index (χ3v) is 5.04. The van der Waals surface area contributed by atoms with Gasteiger partial charge >= 0.3 is 0 Å². The van der Waals surface area contributed by atoms with Crippen LogP contribution >= 0.6 is 24.0 Å². The summed E-state index contributed by atoms with van der Waals surface area (Å²) in [5, 5.41) is 5.48. The summed E-state index contributed by atoms with van der Waals surface area (Å²) in [6.07, 6.45) is 6.47. The Morgan fingerprint density at radius 2 is 1.70 bits per heavy atom.